The molecule has 1 aliphatic carbocycles. The van der Waals surface area contributed by atoms with E-state index >= 15 is 0 Å². The average molecular weight is 259 g/mol. The summed E-state index contributed by atoms with van der Waals surface area (Å²) in [4.78, 5) is 25.4. The van der Waals surface area contributed by atoms with E-state index in [2.05, 4.69) is 0 Å². The number of carbonyl (C=O) groups is 2. The van der Waals surface area contributed by atoms with Gasteiger partial charge in [-0.3, -0.25) is 4.79 Å². The second-order valence-electron chi connectivity index (χ2n) is 5.37. The highest BCUT2D eigenvalue weighted by Gasteiger charge is 2.30. The Hall–Kier alpha value is -1.84. The van der Waals surface area contributed by atoms with Gasteiger partial charge in [0.25, 0.3) is 0 Å². The predicted molar refractivity (Wildman–Crippen MR) is 69.4 cm³/mol. The van der Waals surface area contributed by atoms with Crippen LogP contribution in [0, 0.1) is 5.92 Å². The summed E-state index contributed by atoms with van der Waals surface area (Å²) in [6.07, 6.45) is 3.07. The molecule has 0 spiro atoms. The highest BCUT2D eigenvalue weighted by atomic mass is 16.5. The van der Waals surface area contributed by atoms with Crippen LogP contribution in [0.2, 0.25) is 0 Å². The summed E-state index contributed by atoms with van der Waals surface area (Å²) in [5.74, 6) is 0.519. The summed E-state index contributed by atoms with van der Waals surface area (Å²) in [7, 11) is 1.38. The average Bonchev–Trinajstić information content (AvgIpc) is 3.12. The maximum absolute atomic E-state index is 12.1. The zero-order valence-electron chi connectivity index (χ0n) is 11.0. The molecule has 1 saturated carbocycles. The summed E-state index contributed by atoms with van der Waals surface area (Å²) >= 11 is 0. The minimum atomic E-state index is -0.328. The van der Waals surface area contributed by atoms with Gasteiger partial charge in [0.2, 0.25) is 5.91 Å². The second kappa shape index (κ2) is 4.68. The molecule has 3 rings (SSSR count). The van der Waals surface area contributed by atoms with Crippen LogP contribution in [-0.4, -0.2) is 23.9 Å². The Labute approximate surface area is 112 Å². The van der Waals surface area contributed by atoms with Gasteiger partial charge in [-0.25, -0.2) is 4.79 Å². The molecule has 1 heterocycles. The number of ether oxygens (including phenoxy) is 1. The molecule has 19 heavy (non-hydrogen) atoms. The Bertz CT molecular complexity index is 534. The van der Waals surface area contributed by atoms with Crippen LogP contribution in [0.1, 0.15) is 40.7 Å². The SMILES string of the molecule is COC(=O)c1ccc2c(c1)CN(C(=O)CC1CC1)C2. The lowest BCUT2D eigenvalue weighted by Gasteiger charge is -2.14. The molecule has 0 N–H and O–H groups in total. The van der Waals surface area contributed by atoms with Crippen molar-refractivity contribution in [3.05, 3.63) is 34.9 Å². The van der Waals surface area contributed by atoms with Gasteiger partial charge >= 0.3 is 5.97 Å². The maximum atomic E-state index is 12.1. The van der Waals surface area contributed by atoms with Crippen molar-refractivity contribution in [1.29, 1.82) is 0 Å². The van der Waals surface area contributed by atoms with Crippen LogP contribution in [0.25, 0.3) is 0 Å². The van der Waals surface area contributed by atoms with Crippen LogP contribution < -0.4 is 0 Å². The third kappa shape index (κ3) is 2.48. The molecule has 0 bridgehead atoms. The zero-order chi connectivity index (χ0) is 13.4. The zero-order valence-corrected chi connectivity index (χ0v) is 11.0. The van der Waals surface area contributed by atoms with Crippen LogP contribution in [0.15, 0.2) is 18.2 Å². The lowest BCUT2D eigenvalue weighted by atomic mass is 10.1. The number of hydrogen-bond donors (Lipinski definition) is 0. The molecule has 1 fully saturated rings. The lowest BCUT2D eigenvalue weighted by molar-refractivity contribution is -0.132. The Balaban J connectivity index is 1.72. The molecule has 1 aromatic carbocycles. The molecular weight excluding hydrogens is 242 g/mol. The largest absolute Gasteiger partial charge is 0.465 e. The number of amides is 1. The van der Waals surface area contributed by atoms with Gasteiger partial charge in [-0.05, 0) is 42.0 Å². The first-order valence-corrected chi connectivity index (χ1v) is 6.65. The Morgan fingerprint density at radius 3 is 2.68 bits per heavy atom. The molecule has 0 saturated heterocycles. The van der Waals surface area contributed by atoms with Crippen LogP contribution >= 0.6 is 0 Å². The van der Waals surface area contributed by atoms with Crippen molar-refractivity contribution >= 4 is 11.9 Å². The van der Waals surface area contributed by atoms with E-state index < -0.39 is 0 Å². The third-order valence-corrected chi connectivity index (χ3v) is 3.86. The Morgan fingerprint density at radius 2 is 2.00 bits per heavy atom. The highest BCUT2D eigenvalue weighted by molar-refractivity contribution is 5.89. The van der Waals surface area contributed by atoms with Gasteiger partial charge in [0, 0.05) is 19.5 Å². The topological polar surface area (TPSA) is 46.6 Å². The van der Waals surface area contributed by atoms with Crippen LogP contribution in [0.5, 0.6) is 0 Å². The standard InChI is InChI=1S/C15H17NO3/c1-19-15(18)11-4-5-12-8-16(9-13(12)7-11)14(17)6-10-2-3-10/h4-5,7,10H,2-3,6,8-9H2,1H3. The van der Waals surface area contributed by atoms with E-state index in [4.69, 9.17) is 4.74 Å². The smallest absolute Gasteiger partial charge is 0.337 e. The predicted octanol–water partition coefficient (Wildman–Crippen LogP) is 2.12. The van der Waals surface area contributed by atoms with Crippen molar-refractivity contribution in [3.8, 4) is 0 Å². The normalized spacial score (nSPS) is 17.2. The number of rotatable bonds is 3. The fraction of sp³-hybridized carbons (Fsp3) is 0.467. The van der Waals surface area contributed by atoms with Gasteiger partial charge in [-0.2, -0.15) is 0 Å². The van der Waals surface area contributed by atoms with E-state index in [1.807, 2.05) is 17.0 Å². The number of methoxy groups -OCH3 is 1. The van der Waals surface area contributed by atoms with Crippen molar-refractivity contribution in [2.75, 3.05) is 7.11 Å². The first-order chi connectivity index (χ1) is 9.17. The molecule has 4 heteroatoms. The first-order valence-electron chi connectivity index (χ1n) is 6.65. The van der Waals surface area contributed by atoms with Gasteiger partial charge in [0.15, 0.2) is 0 Å². The first kappa shape index (κ1) is 12.2. The molecule has 0 aromatic heterocycles. The van der Waals surface area contributed by atoms with E-state index in [0.717, 1.165) is 11.1 Å². The molecule has 4 nitrogen and oxygen atoms in total. The van der Waals surface area contributed by atoms with Crippen LogP contribution in [-0.2, 0) is 22.6 Å². The molecule has 1 amide bonds. The van der Waals surface area contributed by atoms with Crippen molar-refractivity contribution in [2.45, 2.75) is 32.4 Å². The van der Waals surface area contributed by atoms with E-state index in [1.165, 1.54) is 20.0 Å². The van der Waals surface area contributed by atoms with Gasteiger partial charge in [0.1, 0.15) is 0 Å². The summed E-state index contributed by atoms with van der Waals surface area (Å²) in [5.41, 5.74) is 2.75. The van der Waals surface area contributed by atoms with Gasteiger partial charge < -0.3 is 9.64 Å². The van der Waals surface area contributed by atoms with E-state index in [0.29, 0.717) is 31.0 Å². The lowest BCUT2D eigenvalue weighted by Crippen LogP contribution is -2.25. The molecule has 1 aliphatic heterocycles. The molecular formula is C15H17NO3. The van der Waals surface area contributed by atoms with E-state index in [1.54, 1.807) is 6.07 Å². The van der Waals surface area contributed by atoms with Gasteiger partial charge in [-0.15, -0.1) is 0 Å². The summed E-state index contributed by atoms with van der Waals surface area (Å²) in [5, 5.41) is 0. The minimum Gasteiger partial charge on any atom is -0.465 e. The minimum absolute atomic E-state index is 0.235. The molecule has 0 radical (unpaired) electrons. The molecule has 2 aliphatic rings. The number of carbonyl (C=O) groups excluding carboxylic acids is 2. The summed E-state index contributed by atoms with van der Waals surface area (Å²) in [6.45, 7) is 1.29. The molecule has 1 aromatic rings. The quantitative estimate of drug-likeness (QED) is 0.781. The Kier molecular flexibility index (Phi) is 3.01. The van der Waals surface area contributed by atoms with Crippen LogP contribution in [0.3, 0.4) is 0 Å². The van der Waals surface area contributed by atoms with Crippen molar-refractivity contribution in [1.82, 2.24) is 4.90 Å². The van der Waals surface area contributed by atoms with Crippen molar-refractivity contribution < 1.29 is 14.3 Å². The van der Waals surface area contributed by atoms with E-state index in [9.17, 15) is 9.59 Å². The Morgan fingerprint density at radius 1 is 1.26 bits per heavy atom. The number of esters is 1. The molecule has 0 unspecified atom stereocenters. The molecule has 0 atom stereocenters. The van der Waals surface area contributed by atoms with E-state index in [-0.39, 0.29) is 11.9 Å². The van der Waals surface area contributed by atoms with Gasteiger partial charge in [-0.1, -0.05) is 6.07 Å². The summed E-state index contributed by atoms with van der Waals surface area (Å²) in [6, 6.07) is 5.52. The van der Waals surface area contributed by atoms with Crippen molar-refractivity contribution in [3.63, 3.8) is 0 Å². The van der Waals surface area contributed by atoms with Crippen molar-refractivity contribution in [2.24, 2.45) is 5.92 Å². The second-order valence-corrected chi connectivity index (χ2v) is 5.37. The number of fused-ring (bicyclic) bond motifs is 1. The third-order valence-electron chi connectivity index (χ3n) is 3.86. The number of benzene rings is 1. The molecule has 100 valence electrons. The summed E-state index contributed by atoms with van der Waals surface area (Å²) < 4.78 is 4.71. The fourth-order valence-corrected chi connectivity index (χ4v) is 2.51. The fourth-order valence-electron chi connectivity index (χ4n) is 2.51. The number of hydrogen-bond acceptors (Lipinski definition) is 3. The monoisotopic (exact) mass is 259 g/mol. The van der Waals surface area contributed by atoms with Gasteiger partial charge in [0.05, 0.1) is 12.7 Å². The maximum Gasteiger partial charge on any atom is 0.337 e. The highest BCUT2D eigenvalue weighted by Crippen LogP contribution is 2.34. The number of nitrogens with zero attached hydrogens (tertiary/aromatic N) is 1. The van der Waals surface area contributed by atoms with Crippen LogP contribution in [0.4, 0.5) is 0 Å².